The number of hydrogen-bond donors (Lipinski definition) is 1. The average molecular weight is 306 g/mol. The summed E-state index contributed by atoms with van der Waals surface area (Å²) < 4.78 is 35.2. The molecule has 1 amide bonds. The Balaban J connectivity index is 2.25. The van der Waals surface area contributed by atoms with Gasteiger partial charge in [0, 0.05) is 19.0 Å². The minimum Gasteiger partial charge on any atom is -0.338 e. The summed E-state index contributed by atoms with van der Waals surface area (Å²) >= 11 is 0. The SMILES string of the molecule is CC1CC(C)(C)C(CN)C1N1CC(S(=O)(=O)F)CC1=O. The summed E-state index contributed by atoms with van der Waals surface area (Å²) in [5, 5.41) is -1.22. The molecule has 4 atom stereocenters. The van der Waals surface area contributed by atoms with Crippen molar-refractivity contribution < 1.29 is 17.1 Å². The lowest BCUT2D eigenvalue weighted by Crippen LogP contribution is -2.47. The van der Waals surface area contributed by atoms with E-state index in [1.54, 1.807) is 4.90 Å². The van der Waals surface area contributed by atoms with Gasteiger partial charge in [-0.15, -0.1) is 3.89 Å². The molecule has 1 aliphatic carbocycles. The molecule has 2 aliphatic rings. The summed E-state index contributed by atoms with van der Waals surface area (Å²) in [6.07, 6.45) is 0.677. The van der Waals surface area contributed by atoms with Gasteiger partial charge in [0.05, 0.1) is 0 Å². The Morgan fingerprint density at radius 1 is 1.45 bits per heavy atom. The molecule has 1 saturated carbocycles. The van der Waals surface area contributed by atoms with Gasteiger partial charge in [-0.1, -0.05) is 20.8 Å². The van der Waals surface area contributed by atoms with Gasteiger partial charge in [-0.05, 0) is 30.2 Å². The van der Waals surface area contributed by atoms with Crippen molar-refractivity contribution in [1.29, 1.82) is 0 Å². The molecule has 4 unspecified atom stereocenters. The van der Waals surface area contributed by atoms with Crippen LogP contribution in [0.5, 0.6) is 0 Å². The molecule has 0 aromatic rings. The van der Waals surface area contributed by atoms with E-state index in [1.165, 1.54) is 0 Å². The summed E-state index contributed by atoms with van der Waals surface area (Å²) in [5.41, 5.74) is 5.87. The van der Waals surface area contributed by atoms with E-state index in [2.05, 4.69) is 13.8 Å². The van der Waals surface area contributed by atoms with E-state index in [4.69, 9.17) is 5.73 Å². The highest BCUT2D eigenvalue weighted by molar-refractivity contribution is 7.87. The second kappa shape index (κ2) is 4.94. The van der Waals surface area contributed by atoms with Gasteiger partial charge in [0.2, 0.25) is 5.91 Å². The fraction of sp³-hybridized carbons (Fsp3) is 0.923. The van der Waals surface area contributed by atoms with Crippen LogP contribution in [-0.4, -0.2) is 43.6 Å². The lowest BCUT2D eigenvalue weighted by molar-refractivity contribution is -0.131. The van der Waals surface area contributed by atoms with Crippen LogP contribution in [-0.2, 0) is 15.0 Å². The molecule has 1 aliphatic heterocycles. The first-order valence-electron chi connectivity index (χ1n) is 7.01. The third kappa shape index (κ3) is 2.57. The Labute approximate surface area is 119 Å². The summed E-state index contributed by atoms with van der Waals surface area (Å²) in [7, 11) is -4.66. The molecule has 1 heterocycles. The molecule has 2 rings (SSSR count). The lowest BCUT2D eigenvalue weighted by atomic mass is 9.80. The normalized spacial score (nSPS) is 37.6. The number of hydrogen-bond acceptors (Lipinski definition) is 4. The smallest absolute Gasteiger partial charge is 0.307 e. The Morgan fingerprint density at radius 3 is 2.50 bits per heavy atom. The largest absolute Gasteiger partial charge is 0.338 e. The molecule has 0 aromatic carbocycles. The minimum absolute atomic E-state index is 0.00574. The zero-order valence-electron chi connectivity index (χ0n) is 12.2. The fourth-order valence-corrected chi connectivity index (χ4v) is 4.80. The number of rotatable bonds is 3. The number of likely N-dealkylation sites (tertiary alicyclic amines) is 1. The van der Waals surface area contributed by atoms with Gasteiger partial charge in [0.15, 0.2) is 0 Å². The van der Waals surface area contributed by atoms with Gasteiger partial charge < -0.3 is 10.6 Å². The zero-order valence-corrected chi connectivity index (χ0v) is 13.0. The maximum Gasteiger partial charge on any atom is 0.307 e. The number of amides is 1. The highest BCUT2D eigenvalue weighted by Crippen LogP contribution is 2.48. The van der Waals surface area contributed by atoms with Gasteiger partial charge in [-0.3, -0.25) is 4.79 Å². The van der Waals surface area contributed by atoms with Gasteiger partial charge in [-0.25, -0.2) is 0 Å². The van der Waals surface area contributed by atoms with Crippen molar-refractivity contribution in [2.24, 2.45) is 23.0 Å². The molecule has 0 spiro atoms. The van der Waals surface area contributed by atoms with E-state index in [0.29, 0.717) is 6.54 Å². The first-order chi connectivity index (χ1) is 9.08. The van der Waals surface area contributed by atoms with E-state index >= 15 is 0 Å². The topological polar surface area (TPSA) is 80.5 Å². The molecule has 0 bridgehead atoms. The second-order valence-electron chi connectivity index (χ2n) is 6.85. The van der Waals surface area contributed by atoms with Crippen LogP contribution >= 0.6 is 0 Å². The van der Waals surface area contributed by atoms with Gasteiger partial charge >= 0.3 is 10.2 Å². The van der Waals surface area contributed by atoms with Crippen LogP contribution in [0.15, 0.2) is 0 Å². The molecular formula is C13H23FN2O3S. The molecule has 2 fully saturated rings. The monoisotopic (exact) mass is 306 g/mol. The zero-order chi connectivity index (χ0) is 15.3. The van der Waals surface area contributed by atoms with Crippen molar-refractivity contribution in [2.75, 3.05) is 13.1 Å². The molecule has 2 N–H and O–H groups in total. The Bertz CT molecular complexity index is 506. The van der Waals surface area contributed by atoms with Crippen molar-refractivity contribution >= 4 is 16.1 Å². The standard InChI is InChI=1S/C13H23FN2O3S/c1-8-5-13(2,3)10(6-15)12(8)16-7-9(4-11(16)17)20(14,18)19/h8-10,12H,4-7,15H2,1-3H3. The summed E-state index contributed by atoms with van der Waals surface area (Å²) in [4.78, 5) is 13.6. The number of halogens is 1. The first kappa shape index (κ1) is 15.7. The van der Waals surface area contributed by atoms with Crippen LogP contribution in [0.3, 0.4) is 0 Å². The molecule has 0 aromatic heterocycles. The average Bonchev–Trinajstić information content (AvgIpc) is 2.75. The Hall–Kier alpha value is -0.690. The van der Waals surface area contributed by atoms with Crippen LogP contribution in [0.2, 0.25) is 0 Å². The van der Waals surface area contributed by atoms with E-state index in [9.17, 15) is 17.1 Å². The maximum atomic E-state index is 13.1. The molecule has 5 nitrogen and oxygen atoms in total. The highest BCUT2D eigenvalue weighted by atomic mass is 32.3. The van der Waals surface area contributed by atoms with Gasteiger partial charge in [-0.2, -0.15) is 8.42 Å². The van der Waals surface area contributed by atoms with E-state index in [0.717, 1.165) is 6.42 Å². The number of nitrogens with zero attached hydrogens (tertiary/aromatic N) is 1. The quantitative estimate of drug-likeness (QED) is 0.785. The molecule has 7 heteroatoms. The van der Waals surface area contributed by atoms with Crippen LogP contribution in [0.1, 0.15) is 33.6 Å². The van der Waals surface area contributed by atoms with Crippen LogP contribution in [0.25, 0.3) is 0 Å². The number of carbonyl (C=O) groups excluding carboxylic acids is 1. The predicted octanol–water partition coefficient (Wildman–Crippen LogP) is 0.896. The first-order valence-corrected chi connectivity index (χ1v) is 8.45. The number of nitrogens with two attached hydrogens (primary N) is 1. The number of carbonyl (C=O) groups is 1. The minimum atomic E-state index is -4.66. The summed E-state index contributed by atoms with van der Waals surface area (Å²) in [5.74, 6) is 0.0790. The lowest BCUT2D eigenvalue weighted by Gasteiger charge is -2.35. The van der Waals surface area contributed by atoms with Crippen molar-refractivity contribution in [3.8, 4) is 0 Å². The van der Waals surface area contributed by atoms with Crippen molar-refractivity contribution in [2.45, 2.75) is 44.9 Å². The second-order valence-corrected chi connectivity index (χ2v) is 8.47. The van der Waals surface area contributed by atoms with E-state index in [-0.39, 0.29) is 42.2 Å². The third-order valence-corrected chi connectivity index (χ3v) is 6.09. The van der Waals surface area contributed by atoms with E-state index < -0.39 is 15.5 Å². The highest BCUT2D eigenvalue weighted by Gasteiger charge is 2.52. The van der Waals surface area contributed by atoms with Crippen LogP contribution < -0.4 is 5.73 Å². The van der Waals surface area contributed by atoms with Gasteiger partial charge in [0.1, 0.15) is 5.25 Å². The third-order valence-electron chi connectivity index (χ3n) is 4.98. The maximum absolute atomic E-state index is 13.1. The van der Waals surface area contributed by atoms with Crippen LogP contribution in [0.4, 0.5) is 3.89 Å². The van der Waals surface area contributed by atoms with E-state index in [1.807, 2.05) is 6.92 Å². The molecular weight excluding hydrogens is 283 g/mol. The Kier molecular flexibility index (Phi) is 3.88. The predicted molar refractivity (Wildman–Crippen MR) is 74.0 cm³/mol. The molecule has 20 heavy (non-hydrogen) atoms. The van der Waals surface area contributed by atoms with Crippen molar-refractivity contribution in [3.05, 3.63) is 0 Å². The molecule has 0 radical (unpaired) electrons. The van der Waals surface area contributed by atoms with Crippen molar-refractivity contribution in [3.63, 3.8) is 0 Å². The van der Waals surface area contributed by atoms with Gasteiger partial charge in [0.25, 0.3) is 0 Å². The van der Waals surface area contributed by atoms with Crippen molar-refractivity contribution in [1.82, 2.24) is 4.90 Å². The molecule has 116 valence electrons. The summed E-state index contributed by atoms with van der Waals surface area (Å²) in [6, 6.07) is -0.0887. The molecule has 1 saturated heterocycles. The van der Waals surface area contributed by atoms with Crippen LogP contribution in [0, 0.1) is 17.3 Å². The fourth-order valence-electron chi connectivity index (χ4n) is 4.12. The Morgan fingerprint density at radius 2 is 2.05 bits per heavy atom. The summed E-state index contributed by atoms with van der Waals surface area (Å²) in [6.45, 7) is 6.68.